The summed E-state index contributed by atoms with van der Waals surface area (Å²) in [5.41, 5.74) is 1.04. The van der Waals surface area contributed by atoms with Gasteiger partial charge in [0.05, 0.1) is 18.9 Å². The minimum absolute atomic E-state index is 0.680. The zero-order chi connectivity index (χ0) is 12.8. The van der Waals surface area contributed by atoms with Crippen LogP contribution in [0.1, 0.15) is 38.8 Å². The largest absolute Gasteiger partial charge is 0.382 e. The first-order chi connectivity index (χ1) is 8.43. The lowest BCUT2D eigenvalue weighted by Gasteiger charge is -2.02. The van der Waals surface area contributed by atoms with E-state index in [0.717, 1.165) is 31.6 Å². The van der Waals surface area contributed by atoms with Gasteiger partial charge in [0.2, 0.25) is 0 Å². The zero-order valence-electron chi connectivity index (χ0n) is 11.3. The van der Waals surface area contributed by atoms with E-state index in [4.69, 9.17) is 14.0 Å². The van der Waals surface area contributed by atoms with Gasteiger partial charge in [-0.1, -0.05) is 25.4 Å². The van der Waals surface area contributed by atoms with Crippen molar-refractivity contribution in [2.45, 2.75) is 39.5 Å². The first kappa shape index (κ1) is 16.1. The van der Waals surface area contributed by atoms with Crippen LogP contribution in [-0.4, -0.2) is 32.1 Å². The second kappa shape index (κ2) is 13.2. The maximum absolute atomic E-state index is 5.35. The van der Waals surface area contributed by atoms with Crippen molar-refractivity contribution >= 4 is 0 Å². The van der Waals surface area contributed by atoms with E-state index < -0.39 is 0 Å². The summed E-state index contributed by atoms with van der Waals surface area (Å²) < 4.78 is 15.0. The van der Waals surface area contributed by atoms with Crippen LogP contribution in [0.15, 0.2) is 16.9 Å². The molecule has 0 fully saturated rings. The van der Waals surface area contributed by atoms with Crippen LogP contribution in [0.5, 0.6) is 0 Å². The summed E-state index contributed by atoms with van der Waals surface area (Å²) in [7, 11) is 1.68. The summed E-state index contributed by atoms with van der Waals surface area (Å²) in [6.07, 6.45) is 6.01. The predicted molar refractivity (Wildman–Crippen MR) is 68.1 cm³/mol. The first-order valence-electron chi connectivity index (χ1n) is 6.39. The molecule has 0 saturated heterocycles. The van der Waals surface area contributed by atoms with E-state index in [0.29, 0.717) is 13.2 Å². The molecule has 0 radical (unpaired) electrons. The SMILES string of the molecule is CC.COCCOCCCCCc1ccon1. The number of hydrogen-bond acceptors (Lipinski definition) is 4. The molecule has 4 nitrogen and oxygen atoms in total. The maximum Gasteiger partial charge on any atom is 0.124 e. The number of ether oxygens (including phenoxy) is 2. The Bertz CT molecular complexity index is 225. The van der Waals surface area contributed by atoms with Gasteiger partial charge in [-0.3, -0.25) is 0 Å². The highest BCUT2D eigenvalue weighted by Crippen LogP contribution is 2.04. The van der Waals surface area contributed by atoms with Crippen LogP contribution in [0.2, 0.25) is 0 Å². The van der Waals surface area contributed by atoms with Crippen LogP contribution in [0.3, 0.4) is 0 Å². The van der Waals surface area contributed by atoms with Crippen LogP contribution in [0.4, 0.5) is 0 Å². The van der Waals surface area contributed by atoms with E-state index in [1.165, 1.54) is 6.42 Å². The number of hydrogen-bond donors (Lipinski definition) is 0. The maximum atomic E-state index is 5.35. The minimum Gasteiger partial charge on any atom is -0.382 e. The van der Waals surface area contributed by atoms with Crippen LogP contribution < -0.4 is 0 Å². The summed E-state index contributed by atoms with van der Waals surface area (Å²) in [5.74, 6) is 0. The molecule has 4 heteroatoms. The third-order valence-corrected chi connectivity index (χ3v) is 2.14. The van der Waals surface area contributed by atoms with Crippen molar-refractivity contribution in [3.63, 3.8) is 0 Å². The van der Waals surface area contributed by atoms with Gasteiger partial charge in [-0.2, -0.15) is 0 Å². The molecule has 0 amide bonds. The third-order valence-electron chi connectivity index (χ3n) is 2.14. The molecule has 100 valence electrons. The van der Waals surface area contributed by atoms with E-state index in [2.05, 4.69) is 5.16 Å². The van der Waals surface area contributed by atoms with Gasteiger partial charge in [-0.15, -0.1) is 0 Å². The standard InChI is InChI=1S/C11H19NO3.C2H6/c1-13-9-10-14-7-4-2-3-5-11-6-8-15-12-11;1-2/h6,8H,2-5,7,9-10H2,1H3;1-2H3. The summed E-state index contributed by atoms with van der Waals surface area (Å²) in [5, 5.41) is 3.85. The molecule has 1 heterocycles. The van der Waals surface area contributed by atoms with Gasteiger partial charge < -0.3 is 14.0 Å². The van der Waals surface area contributed by atoms with Crippen molar-refractivity contribution in [3.05, 3.63) is 18.0 Å². The van der Waals surface area contributed by atoms with Crippen LogP contribution >= 0.6 is 0 Å². The molecular weight excluding hydrogens is 218 g/mol. The smallest absolute Gasteiger partial charge is 0.124 e. The predicted octanol–water partition coefficient (Wildman–Crippen LogP) is 3.08. The van der Waals surface area contributed by atoms with Crippen LogP contribution in [0.25, 0.3) is 0 Å². The monoisotopic (exact) mass is 243 g/mol. The molecule has 0 bridgehead atoms. The van der Waals surface area contributed by atoms with Gasteiger partial charge in [0.1, 0.15) is 6.26 Å². The summed E-state index contributed by atoms with van der Waals surface area (Å²) >= 11 is 0. The van der Waals surface area contributed by atoms with Crippen molar-refractivity contribution in [2.24, 2.45) is 0 Å². The summed E-state index contributed by atoms with van der Waals surface area (Å²) in [6, 6.07) is 1.91. The second-order valence-corrected chi connectivity index (χ2v) is 3.41. The molecule has 0 unspecified atom stereocenters. The quantitative estimate of drug-likeness (QED) is 0.625. The van der Waals surface area contributed by atoms with E-state index >= 15 is 0 Å². The van der Waals surface area contributed by atoms with E-state index in [9.17, 15) is 0 Å². The number of unbranched alkanes of at least 4 members (excludes halogenated alkanes) is 2. The molecular formula is C13H25NO3. The Hall–Kier alpha value is -0.870. The molecule has 1 aromatic rings. The van der Waals surface area contributed by atoms with Crippen molar-refractivity contribution in [1.29, 1.82) is 0 Å². The van der Waals surface area contributed by atoms with E-state index in [1.807, 2.05) is 19.9 Å². The highest BCUT2D eigenvalue weighted by molar-refractivity contribution is 4.94. The van der Waals surface area contributed by atoms with Crippen molar-refractivity contribution < 1.29 is 14.0 Å². The van der Waals surface area contributed by atoms with Crippen LogP contribution in [0, 0.1) is 0 Å². The second-order valence-electron chi connectivity index (χ2n) is 3.41. The Kier molecular flexibility index (Phi) is 12.5. The Morgan fingerprint density at radius 1 is 1.12 bits per heavy atom. The minimum atomic E-state index is 0.680. The van der Waals surface area contributed by atoms with Crippen molar-refractivity contribution in [2.75, 3.05) is 26.9 Å². The fourth-order valence-corrected chi connectivity index (χ4v) is 1.30. The van der Waals surface area contributed by atoms with Gasteiger partial charge in [0, 0.05) is 19.8 Å². The lowest BCUT2D eigenvalue weighted by Crippen LogP contribution is -2.02. The highest BCUT2D eigenvalue weighted by Gasteiger charge is 1.96. The molecule has 0 N–H and O–H groups in total. The lowest BCUT2D eigenvalue weighted by atomic mass is 10.1. The fraction of sp³-hybridized carbons (Fsp3) is 0.769. The third kappa shape index (κ3) is 10.0. The Balaban J connectivity index is 0.00000121. The van der Waals surface area contributed by atoms with Gasteiger partial charge >= 0.3 is 0 Å². The average Bonchev–Trinajstić information content (AvgIpc) is 2.88. The molecule has 0 atom stereocenters. The molecule has 0 aromatic carbocycles. The van der Waals surface area contributed by atoms with Gasteiger partial charge in [-0.05, 0) is 19.3 Å². The number of aromatic nitrogens is 1. The van der Waals surface area contributed by atoms with Crippen molar-refractivity contribution in [3.8, 4) is 0 Å². The number of nitrogens with zero attached hydrogens (tertiary/aromatic N) is 1. The Morgan fingerprint density at radius 2 is 1.94 bits per heavy atom. The Labute approximate surface area is 104 Å². The zero-order valence-corrected chi connectivity index (χ0v) is 11.3. The lowest BCUT2D eigenvalue weighted by molar-refractivity contribution is 0.0686. The van der Waals surface area contributed by atoms with Gasteiger partial charge in [-0.25, -0.2) is 0 Å². The normalized spacial score (nSPS) is 9.82. The number of methoxy groups -OCH3 is 1. The Morgan fingerprint density at radius 3 is 2.59 bits per heavy atom. The molecule has 0 aliphatic heterocycles. The van der Waals surface area contributed by atoms with Crippen LogP contribution in [-0.2, 0) is 15.9 Å². The average molecular weight is 243 g/mol. The molecule has 1 rings (SSSR count). The summed E-state index contributed by atoms with van der Waals surface area (Å²) in [4.78, 5) is 0. The van der Waals surface area contributed by atoms with E-state index in [1.54, 1.807) is 13.4 Å². The first-order valence-corrected chi connectivity index (χ1v) is 6.39. The molecule has 0 spiro atoms. The molecule has 1 aromatic heterocycles. The molecule has 0 aliphatic rings. The number of rotatable bonds is 9. The van der Waals surface area contributed by atoms with Gasteiger partial charge in [0.25, 0.3) is 0 Å². The molecule has 0 saturated carbocycles. The topological polar surface area (TPSA) is 44.5 Å². The summed E-state index contributed by atoms with van der Waals surface area (Å²) in [6.45, 7) is 6.20. The molecule has 0 aliphatic carbocycles. The fourth-order valence-electron chi connectivity index (χ4n) is 1.30. The highest BCUT2D eigenvalue weighted by atomic mass is 16.5. The molecule has 17 heavy (non-hydrogen) atoms. The van der Waals surface area contributed by atoms with Gasteiger partial charge in [0.15, 0.2) is 0 Å². The van der Waals surface area contributed by atoms with E-state index in [-0.39, 0.29) is 0 Å². The number of aryl methyl sites for hydroxylation is 1. The van der Waals surface area contributed by atoms with Crippen molar-refractivity contribution in [1.82, 2.24) is 5.16 Å².